The minimum absolute atomic E-state index is 0.0911. The quantitative estimate of drug-likeness (QED) is 0.560. The Morgan fingerprint density at radius 1 is 1.06 bits per heavy atom. The molecule has 0 aromatic heterocycles. The van der Waals surface area contributed by atoms with Gasteiger partial charge in [-0.1, -0.05) is 47.6 Å². The van der Waals surface area contributed by atoms with Crippen LogP contribution < -0.4 is 20.3 Å². The number of anilines is 2. The Kier molecular flexibility index (Phi) is 6.87. The minimum Gasteiger partial charge on any atom is -0.477 e. The average Bonchev–Trinajstić information content (AvgIpc) is 2.81. The number of hydrogen-bond acceptors (Lipinski definition) is 5. The molecule has 2 amide bonds. The molecule has 2 N–H and O–H groups in total. The third kappa shape index (κ3) is 5.18. The summed E-state index contributed by atoms with van der Waals surface area (Å²) in [4.78, 5) is 28.9. The van der Waals surface area contributed by atoms with Gasteiger partial charge in [0.25, 0.3) is 5.91 Å². The smallest absolute Gasteiger partial charge is 0.262 e. The molecule has 32 heavy (non-hydrogen) atoms. The number of nitrogens with zero attached hydrogens (tertiary/aromatic N) is 1. The molecule has 0 radical (unpaired) electrons. The summed E-state index contributed by atoms with van der Waals surface area (Å²) in [5.74, 6) is 0.176. The van der Waals surface area contributed by atoms with Crippen molar-refractivity contribution in [3.63, 3.8) is 0 Å². The van der Waals surface area contributed by atoms with E-state index < -0.39 is 6.10 Å². The fourth-order valence-corrected chi connectivity index (χ4v) is 4.43. The van der Waals surface area contributed by atoms with Gasteiger partial charge in [0.1, 0.15) is 5.75 Å². The van der Waals surface area contributed by atoms with Crippen molar-refractivity contribution in [2.24, 2.45) is 0 Å². The molecule has 1 aliphatic heterocycles. The van der Waals surface area contributed by atoms with Crippen LogP contribution in [0.5, 0.6) is 5.75 Å². The van der Waals surface area contributed by atoms with Crippen LogP contribution in [0.3, 0.4) is 0 Å². The predicted molar refractivity (Wildman–Crippen MR) is 128 cm³/mol. The largest absolute Gasteiger partial charge is 0.477 e. The molecule has 0 saturated carbocycles. The van der Waals surface area contributed by atoms with Crippen molar-refractivity contribution < 1.29 is 14.3 Å². The van der Waals surface area contributed by atoms with Gasteiger partial charge in [0.05, 0.1) is 24.5 Å². The molecule has 0 saturated heterocycles. The van der Waals surface area contributed by atoms with E-state index in [0.29, 0.717) is 10.8 Å². The molecule has 4 rings (SSSR count). The third-order valence-corrected chi connectivity index (χ3v) is 6.27. The van der Waals surface area contributed by atoms with Crippen LogP contribution in [0.2, 0.25) is 5.02 Å². The second-order valence-electron chi connectivity index (χ2n) is 7.17. The van der Waals surface area contributed by atoms with Gasteiger partial charge in [0.2, 0.25) is 5.91 Å². The Morgan fingerprint density at radius 2 is 1.78 bits per heavy atom. The molecule has 1 heterocycles. The molecule has 0 bridgehead atoms. The van der Waals surface area contributed by atoms with E-state index in [2.05, 4.69) is 10.6 Å². The molecule has 3 aromatic carbocycles. The molecule has 8 heteroatoms. The summed E-state index contributed by atoms with van der Waals surface area (Å²) in [6, 6.07) is 22.6. The van der Waals surface area contributed by atoms with Crippen LogP contribution >= 0.6 is 23.4 Å². The molecule has 1 atom stereocenters. The first-order chi connectivity index (χ1) is 15.5. The van der Waals surface area contributed by atoms with Crippen molar-refractivity contribution in [1.29, 1.82) is 0 Å². The van der Waals surface area contributed by atoms with Crippen molar-refractivity contribution >= 4 is 46.6 Å². The second kappa shape index (κ2) is 9.97. The number of rotatable bonds is 6. The highest BCUT2D eigenvalue weighted by Gasteiger charge is 2.31. The average molecular weight is 468 g/mol. The number of halogens is 1. The first kappa shape index (κ1) is 22.0. The SMILES string of the molecule is CNC(=O)C1CN(CC(=O)Nc2ccccc2Sc2ccc(Cl)cc2)c2ccccc2O1. The van der Waals surface area contributed by atoms with Crippen LogP contribution in [-0.4, -0.2) is 38.1 Å². The first-order valence-electron chi connectivity index (χ1n) is 10.1. The molecule has 1 unspecified atom stereocenters. The number of amides is 2. The lowest BCUT2D eigenvalue weighted by atomic mass is 10.1. The third-order valence-electron chi connectivity index (χ3n) is 4.94. The van der Waals surface area contributed by atoms with E-state index in [0.717, 1.165) is 21.2 Å². The van der Waals surface area contributed by atoms with Crippen LogP contribution in [0.1, 0.15) is 0 Å². The zero-order valence-electron chi connectivity index (χ0n) is 17.4. The Labute approximate surface area is 195 Å². The van der Waals surface area contributed by atoms with Gasteiger partial charge in [0, 0.05) is 21.9 Å². The summed E-state index contributed by atoms with van der Waals surface area (Å²) >= 11 is 7.52. The van der Waals surface area contributed by atoms with Crippen LogP contribution in [-0.2, 0) is 9.59 Å². The van der Waals surface area contributed by atoms with Crippen molar-refractivity contribution in [3.8, 4) is 5.75 Å². The van der Waals surface area contributed by atoms with E-state index in [1.807, 2.05) is 71.6 Å². The summed E-state index contributed by atoms with van der Waals surface area (Å²) in [7, 11) is 1.57. The van der Waals surface area contributed by atoms with E-state index in [1.165, 1.54) is 0 Å². The number of carbonyl (C=O) groups is 2. The van der Waals surface area contributed by atoms with Gasteiger partial charge >= 0.3 is 0 Å². The highest BCUT2D eigenvalue weighted by Crippen LogP contribution is 2.35. The van der Waals surface area contributed by atoms with E-state index in [9.17, 15) is 9.59 Å². The molecular formula is C24H22ClN3O3S. The van der Waals surface area contributed by atoms with Gasteiger partial charge in [-0.3, -0.25) is 9.59 Å². The topological polar surface area (TPSA) is 70.7 Å². The maximum Gasteiger partial charge on any atom is 0.262 e. The lowest BCUT2D eigenvalue weighted by molar-refractivity contribution is -0.127. The monoisotopic (exact) mass is 467 g/mol. The van der Waals surface area contributed by atoms with Crippen LogP contribution in [0.4, 0.5) is 11.4 Å². The van der Waals surface area contributed by atoms with E-state index in [-0.39, 0.29) is 24.9 Å². The highest BCUT2D eigenvalue weighted by molar-refractivity contribution is 7.99. The van der Waals surface area contributed by atoms with Crippen molar-refractivity contribution in [1.82, 2.24) is 5.32 Å². The van der Waals surface area contributed by atoms with Gasteiger partial charge < -0.3 is 20.3 Å². The van der Waals surface area contributed by atoms with Gasteiger partial charge in [-0.05, 0) is 48.5 Å². The Bertz CT molecular complexity index is 1120. The number of likely N-dealkylation sites (N-methyl/N-ethyl adjacent to an activating group) is 1. The lowest BCUT2D eigenvalue weighted by Crippen LogP contribution is -2.50. The fraction of sp³-hybridized carbons (Fsp3) is 0.167. The number of hydrogen-bond donors (Lipinski definition) is 2. The van der Waals surface area contributed by atoms with E-state index in [1.54, 1.807) is 24.9 Å². The van der Waals surface area contributed by atoms with Gasteiger partial charge in [-0.15, -0.1) is 0 Å². The highest BCUT2D eigenvalue weighted by atomic mass is 35.5. The van der Waals surface area contributed by atoms with Crippen LogP contribution in [0.25, 0.3) is 0 Å². The molecule has 0 fully saturated rings. The Hall–Kier alpha value is -3.16. The summed E-state index contributed by atoms with van der Waals surface area (Å²) in [5.41, 5.74) is 1.51. The number of ether oxygens (including phenoxy) is 1. The van der Waals surface area contributed by atoms with Crippen molar-refractivity contribution in [3.05, 3.63) is 77.8 Å². The summed E-state index contributed by atoms with van der Waals surface area (Å²) in [6.07, 6.45) is -0.685. The molecule has 0 spiro atoms. The predicted octanol–water partition coefficient (Wildman–Crippen LogP) is 4.44. The Balaban J connectivity index is 1.49. The minimum atomic E-state index is -0.685. The standard InChI is InChI=1S/C24H22ClN3O3S/c1-26-24(30)21-14-28(19-7-3-4-8-20(19)31-21)15-23(29)27-18-6-2-5-9-22(18)32-17-12-10-16(25)11-13-17/h2-13,21H,14-15H2,1H3,(H,26,30)(H,27,29). The van der Waals surface area contributed by atoms with Crippen molar-refractivity contribution in [2.75, 3.05) is 30.4 Å². The van der Waals surface area contributed by atoms with E-state index in [4.69, 9.17) is 16.3 Å². The molecule has 164 valence electrons. The number of benzene rings is 3. The molecule has 6 nitrogen and oxygen atoms in total. The maximum atomic E-state index is 13.0. The second-order valence-corrected chi connectivity index (χ2v) is 8.72. The number of carbonyl (C=O) groups excluding carboxylic acids is 2. The lowest BCUT2D eigenvalue weighted by Gasteiger charge is -2.35. The fourth-order valence-electron chi connectivity index (χ4n) is 3.41. The molecule has 3 aromatic rings. The molecule has 0 aliphatic carbocycles. The Morgan fingerprint density at radius 3 is 2.56 bits per heavy atom. The normalized spacial score (nSPS) is 14.8. The number of para-hydroxylation sites is 3. The molecular weight excluding hydrogens is 446 g/mol. The summed E-state index contributed by atoms with van der Waals surface area (Å²) in [6.45, 7) is 0.374. The molecule has 1 aliphatic rings. The summed E-state index contributed by atoms with van der Waals surface area (Å²) < 4.78 is 5.81. The van der Waals surface area contributed by atoms with Gasteiger partial charge in [-0.2, -0.15) is 0 Å². The number of nitrogens with one attached hydrogen (secondary N) is 2. The summed E-state index contributed by atoms with van der Waals surface area (Å²) in [5, 5.41) is 6.30. The zero-order chi connectivity index (χ0) is 22.5. The van der Waals surface area contributed by atoms with Crippen LogP contribution in [0, 0.1) is 0 Å². The van der Waals surface area contributed by atoms with Gasteiger partial charge in [0.15, 0.2) is 6.10 Å². The van der Waals surface area contributed by atoms with Crippen molar-refractivity contribution in [2.45, 2.75) is 15.9 Å². The first-order valence-corrected chi connectivity index (χ1v) is 11.3. The van der Waals surface area contributed by atoms with Gasteiger partial charge in [-0.25, -0.2) is 0 Å². The maximum absolute atomic E-state index is 13.0. The number of fused-ring (bicyclic) bond motifs is 1. The zero-order valence-corrected chi connectivity index (χ0v) is 19.0. The van der Waals surface area contributed by atoms with Crippen LogP contribution in [0.15, 0.2) is 82.6 Å². The van der Waals surface area contributed by atoms with E-state index >= 15 is 0 Å².